The van der Waals surface area contributed by atoms with Gasteiger partial charge in [0.1, 0.15) is 0 Å². The SMILES string of the molecule is CC.CC.COC(=O)c1ccccc1C(C)(C)C. The number of carbonyl (C=O) groups is 1. The fraction of sp³-hybridized carbons (Fsp3) is 0.562. The van der Waals surface area contributed by atoms with Gasteiger partial charge in [-0.1, -0.05) is 66.7 Å². The molecule has 0 bridgehead atoms. The van der Waals surface area contributed by atoms with Gasteiger partial charge in [-0.3, -0.25) is 0 Å². The summed E-state index contributed by atoms with van der Waals surface area (Å²) in [5, 5.41) is 0. The van der Waals surface area contributed by atoms with Crippen molar-refractivity contribution in [3.05, 3.63) is 35.4 Å². The van der Waals surface area contributed by atoms with Crippen molar-refractivity contribution in [2.45, 2.75) is 53.9 Å². The third-order valence-electron chi connectivity index (χ3n) is 2.14. The van der Waals surface area contributed by atoms with Crippen LogP contribution in [0, 0.1) is 0 Å². The third-order valence-corrected chi connectivity index (χ3v) is 2.14. The Hall–Kier alpha value is -1.31. The van der Waals surface area contributed by atoms with Crippen LogP contribution in [-0.4, -0.2) is 13.1 Å². The zero-order chi connectivity index (χ0) is 14.8. The molecule has 0 heterocycles. The highest BCUT2D eigenvalue weighted by molar-refractivity contribution is 5.91. The molecule has 0 atom stereocenters. The fourth-order valence-electron chi connectivity index (χ4n) is 1.43. The molecule has 0 aromatic heterocycles. The molecule has 0 aliphatic carbocycles. The van der Waals surface area contributed by atoms with Crippen molar-refractivity contribution >= 4 is 5.97 Å². The maximum atomic E-state index is 11.5. The van der Waals surface area contributed by atoms with Crippen LogP contribution in [0.2, 0.25) is 0 Å². The van der Waals surface area contributed by atoms with Crippen LogP contribution >= 0.6 is 0 Å². The minimum Gasteiger partial charge on any atom is -0.465 e. The van der Waals surface area contributed by atoms with E-state index in [-0.39, 0.29) is 11.4 Å². The lowest BCUT2D eigenvalue weighted by molar-refractivity contribution is 0.0598. The van der Waals surface area contributed by atoms with Gasteiger partial charge in [0.25, 0.3) is 0 Å². The zero-order valence-electron chi connectivity index (χ0n) is 13.1. The van der Waals surface area contributed by atoms with Gasteiger partial charge in [0, 0.05) is 0 Å². The molecule has 1 aromatic carbocycles. The van der Waals surface area contributed by atoms with Crippen molar-refractivity contribution in [1.82, 2.24) is 0 Å². The molecule has 0 radical (unpaired) electrons. The molecule has 18 heavy (non-hydrogen) atoms. The van der Waals surface area contributed by atoms with Gasteiger partial charge < -0.3 is 4.74 Å². The molecule has 0 aliphatic rings. The molecule has 2 nitrogen and oxygen atoms in total. The first kappa shape index (κ1) is 19.0. The van der Waals surface area contributed by atoms with Crippen molar-refractivity contribution in [2.24, 2.45) is 0 Å². The van der Waals surface area contributed by atoms with E-state index in [1.165, 1.54) is 7.11 Å². The molecule has 1 rings (SSSR count). The van der Waals surface area contributed by atoms with Crippen LogP contribution in [0.15, 0.2) is 24.3 Å². The van der Waals surface area contributed by atoms with Crippen LogP contribution in [0.1, 0.15) is 64.4 Å². The number of benzene rings is 1. The summed E-state index contributed by atoms with van der Waals surface area (Å²) in [7, 11) is 1.40. The van der Waals surface area contributed by atoms with Gasteiger partial charge in [-0.25, -0.2) is 4.79 Å². The second-order valence-corrected chi connectivity index (χ2v) is 4.29. The molecular formula is C16H28O2. The number of rotatable bonds is 1. The smallest absolute Gasteiger partial charge is 0.338 e. The third kappa shape index (κ3) is 5.85. The van der Waals surface area contributed by atoms with Crippen molar-refractivity contribution in [1.29, 1.82) is 0 Å². The van der Waals surface area contributed by atoms with Crippen molar-refractivity contribution < 1.29 is 9.53 Å². The molecular weight excluding hydrogens is 224 g/mol. The number of ether oxygens (including phenoxy) is 1. The average Bonchev–Trinajstić information content (AvgIpc) is 2.41. The minimum absolute atomic E-state index is 0.0369. The maximum Gasteiger partial charge on any atom is 0.338 e. The zero-order valence-corrected chi connectivity index (χ0v) is 13.1. The Morgan fingerprint density at radius 2 is 1.44 bits per heavy atom. The molecule has 0 unspecified atom stereocenters. The van der Waals surface area contributed by atoms with E-state index >= 15 is 0 Å². The summed E-state index contributed by atoms with van der Waals surface area (Å²) in [6.45, 7) is 14.2. The summed E-state index contributed by atoms with van der Waals surface area (Å²) >= 11 is 0. The second kappa shape index (κ2) is 9.69. The van der Waals surface area contributed by atoms with Crippen LogP contribution in [0.3, 0.4) is 0 Å². The number of carbonyl (C=O) groups excluding carboxylic acids is 1. The van der Waals surface area contributed by atoms with Crippen molar-refractivity contribution in [3.63, 3.8) is 0 Å². The first-order valence-corrected chi connectivity index (χ1v) is 6.64. The number of hydrogen-bond donors (Lipinski definition) is 0. The molecule has 1 aromatic rings. The molecule has 0 spiro atoms. The summed E-state index contributed by atoms with van der Waals surface area (Å²) in [6.07, 6.45) is 0. The highest BCUT2D eigenvalue weighted by atomic mass is 16.5. The standard InChI is InChI=1S/C12H16O2.2C2H6/c1-12(2,3)10-8-6-5-7-9(10)11(13)14-4;2*1-2/h5-8H,1-4H3;2*1-2H3. The van der Waals surface area contributed by atoms with E-state index in [1.807, 2.05) is 45.9 Å². The average molecular weight is 252 g/mol. The summed E-state index contributed by atoms with van der Waals surface area (Å²) in [5.41, 5.74) is 1.64. The normalized spacial score (nSPS) is 9.33. The van der Waals surface area contributed by atoms with E-state index in [0.717, 1.165) is 5.56 Å². The quantitative estimate of drug-likeness (QED) is 0.670. The predicted molar refractivity (Wildman–Crippen MR) is 79.2 cm³/mol. The van der Waals surface area contributed by atoms with Gasteiger partial charge in [0.05, 0.1) is 12.7 Å². The fourth-order valence-corrected chi connectivity index (χ4v) is 1.43. The summed E-state index contributed by atoms with van der Waals surface area (Å²) in [5.74, 6) is -0.268. The maximum absolute atomic E-state index is 11.5. The lowest BCUT2D eigenvalue weighted by Gasteiger charge is -2.21. The Labute approximate surface area is 112 Å². The topological polar surface area (TPSA) is 26.3 Å². The van der Waals surface area contributed by atoms with Gasteiger partial charge in [0.15, 0.2) is 0 Å². The Morgan fingerprint density at radius 1 is 1.00 bits per heavy atom. The largest absolute Gasteiger partial charge is 0.465 e. The summed E-state index contributed by atoms with van der Waals surface area (Å²) in [6, 6.07) is 7.55. The summed E-state index contributed by atoms with van der Waals surface area (Å²) in [4.78, 5) is 11.5. The molecule has 0 aliphatic heterocycles. The Bertz CT molecular complexity index is 335. The van der Waals surface area contributed by atoms with Crippen LogP contribution < -0.4 is 0 Å². The van der Waals surface area contributed by atoms with E-state index < -0.39 is 0 Å². The van der Waals surface area contributed by atoms with Gasteiger partial charge >= 0.3 is 5.97 Å². The molecule has 2 heteroatoms. The van der Waals surface area contributed by atoms with Crippen LogP contribution in [-0.2, 0) is 10.2 Å². The van der Waals surface area contributed by atoms with Crippen molar-refractivity contribution in [2.75, 3.05) is 7.11 Å². The number of hydrogen-bond acceptors (Lipinski definition) is 2. The van der Waals surface area contributed by atoms with Gasteiger partial charge in [-0.2, -0.15) is 0 Å². The monoisotopic (exact) mass is 252 g/mol. The Morgan fingerprint density at radius 3 is 1.83 bits per heavy atom. The molecule has 0 fully saturated rings. The van der Waals surface area contributed by atoms with Gasteiger partial charge in [-0.15, -0.1) is 0 Å². The Balaban J connectivity index is 0. The van der Waals surface area contributed by atoms with Crippen LogP contribution in [0.5, 0.6) is 0 Å². The molecule has 0 saturated heterocycles. The summed E-state index contributed by atoms with van der Waals surface area (Å²) < 4.78 is 4.73. The van der Waals surface area contributed by atoms with Gasteiger partial charge in [-0.05, 0) is 17.0 Å². The molecule has 104 valence electrons. The number of esters is 1. The highest BCUT2D eigenvalue weighted by Crippen LogP contribution is 2.25. The minimum atomic E-state index is -0.268. The van der Waals surface area contributed by atoms with Crippen LogP contribution in [0.25, 0.3) is 0 Å². The lowest BCUT2D eigenvalue weighted by atomic mass is 9.84. The molecule has 0 N–H and O–H groups in total. The van der Waals surface area contributed by atoms with Crippen LogP contribution in [0.4, 0.5) is 0 Å². The Kier molecular flexibility index (Phi) is 10.3. The predicted octanol–water partition coefficient (Wildman–Crippen LogP) is 4.82. The second-order valence-electron chi connectivity index (χ2n) is 4.29. The first-order valence-electron chi connectivity index (χ1n) is 6.64. The van der Waals surface area contributed by atoms with E-state index in [2.05, 4.69) is 20.8 Å². The van der Waals surface area contributed by atoms with E-state index in [1.54, 1.807) is 6.07 Å². The van der Waals surface area contributed by atoms with Gasteiger partial charge in [0.2, 0.25) is 0 Å². The lowest BCUT2D eigenvalue weighted by Crippen LogP contribution is -2.17. The van der Waals surface area contributed by atoms with Crippen molar-refractivity contribution in [3.8, 4) is 0 Å². The molecule has 0 amide bonds. The first-order chi connectivity index (χ1) is 8.46. The van der Waals surface area contributed by atoms with E-state index in [4.69, 9.17) is 4.74 Å². The number of methoxy groups -OCH3 is 1. The van der Waals surface area contributed by atoms with E-state index in [9.17, 15) is 4.79 Å². The van der Waals surface area contributed by atoms with E-state index in [0.29, 0.717) is 5.56 Å². The molecule has 0 saturated carbocycles. The highest BCUT2D eigenvalue weighted by Gasteiger charge is 2.21.